The number of hydrogen-bond acceptors (Lipinski definition) is 7. The minimum Gasteiger partial charge on any atom is -0.394 e. The van der Waals surface area contributed by atoms with Crippen LogP contribution in [0.5, 0.6) is 0 Å². The topological polar surface area (TPSA) is 123 Å². The van der Waals surface area contributed by atoms with Gasteiger partial charge < -0.3 is 20.7 Å². The molecule has 0 unspecified atom stereocenters. The predicted octanol–water partition coefficient (Wildman–Crippen LogP) is -1.62. The average molecular weight is 305 g/mol. The summed E-state index contributed by atoms with van der Waals surface area (Å²) in [4.78, 5) is 18.5. The lowest BCUT2D eigenvalue weighted by molar-refractivity contribution is -0.0547. The van der Waals surface area contributed by atoms with Crippen LogP contribution in [0.1, 0.15) is 6.23 Å². The molecule has 0 amide bonds. The fraction of sp³-hybridized carbons (Fsp3) is 0.500. The fourth-order valence-corrected chi connectivity index (χ4v) is 2.04. The number of hydrogen-bond donors (Lipinski definition) is 3. The molecule has 108 valence electrons. The highest BCUT2D eigenvalue weighted by molar-refractivity contribution is 6.30. The van der Waals surface area contributed by atoms with Crippen molar-refractivity contribution >= 4 is 17.5 Å². The Morgan fingerprint density at radius 1 is 1.70 bits per heavy atom. The van der Waals surface area contributed by atoms with Crippen LogP contribution >= 0.6 is 11.6 Å². The second-order valence-electron chi connectivity index (χ2n) is 4.05. The molecule has 0 aromatic carbocycles. The van der Waals surface area contributed by atoms with Crippen molar-refractivity contribution in [2.45, 2.75) is 24.1 Å². The molecule has 0 aliphatic carbocycles. The van der Waals surface area contributed by atoms with Crippen LogP contribution in [0.25, 0.3) is 0 Å². The zero-order valence-corrected chi connectivity index (χ0v) is 10.7. The van der Waals surface area contributed by atoms with Crippen LogP contribution in [0.3, 0.4) is 0 Å². The van der Waals surface area contributed by atoms with Crippen molar-refractivity contribution < 1.29 is 19.3 Å². The molecule has 4 atom stereocenters. The Morgan fingerprint density at radius 3 is 2.95 bits per heavy atom. The number of nitrogens with zero attached hydrogens (tertiary/aromatic N) is 3. The molecular formula is C10H10ClFN4O4. The van der Waals surface area contributed by atoms with Crippen LogP contribution in [-0.4, -0.2) is 49.2 Å². The number of aromatic nitrogens is 3. The number of nitrogens with two attached hydrogens (primary N) is 1. The van der Waals surface area contributed by atoms with E-state index in [1.807, 2.05) is 5.92 Å². The standard InChI is InChI=1S/C10H10ClFN4O4/c11-2-1-10(12)6(18)5(3-17)20-7(10)16-4-14-8(13)15-9(16)19/h4-7,17-18H,3H2,(H2,13,15,19)/t5-,6-,7-,10-/m1/s1. The number of nitrogen functional groups attached to an aromatic ring is 1. The van der Waals surface area contributed by atoms with Crippen LogP contribution in [0.2, 0.25) is 0 Å². The molecule has 20 heavy (non-hydrogen) atoms. The Labute approximate surface area is 117 Å². The Hall–Kier alpha value is -1.73. The third-order valence-corrected chi connectivity index (χ3v) is 2.96. The average Bonchev–Trinajstić information content (AvgIpc) is 2.63. The number of alkyl halides is 1. The molecule has 1 aliphatic rings. The second-order valence-corrected chi connectivity index (χ2v) is 4.24. The maximum absolute atomic E-state index is 14.8. The molecule has 8 nitrogen and oxygen atoms in total. The molecule has 4 N–H and O–H groups in total. The Balaban J connectivity index is 2.52. The summed E-state index contributed by atoms with van der Waals surface area (Å²) >= 11 is 5.18. The van der Waals surface area contributed by atoms with Crippen molar-refractivity contribution in [1.29, 1.82) is 0 Å². The quantitative estimate of drug-likeness (QED) is 0.561. The van der Waals surface area contributed by atoms with Gasteiger partial charge in [-0.15, -0.1) is 0 Å². The largest absolute Gasteiger partial charge is 0.394 e. The highest BCUT2D eigenvalue weighted by Gasteiger charge is 2.58. The van der Waals surface area contributed by atoms with Gasteiger partial charge in [-0.3, -0.25) is 4.57 Å². The maximum atomic E-state index is 14.8. The van der Waals surface area contributed by atoms with Crippen molar-refractivity contribution in [2.24, 2.45) is 0 Å². The zero-order valence-electron chi connectivity index (χ0n) is 9.90. The highest BCUT2D eigenvalue weighted by Crippen LogP contribution is 2.40. The van der Waals surface area contributed by atoms with Crippen LogP contribution < -0.4 is 11.4 Å². The van der Waals surface area contributed by atoms with E-state index in [-0.39, 0.29) is 5.95 Å². The highest BCUT2D eigenvalue weighted by atomic mass is 35.5. The number of rotatable bonds is 2. The van der Waals surface area contributed by atoms with E-state index in [9.17, 15) is 14.3 Å². The van der Waals surface area contributed by atoms with Crippen molar-refractivity contribution in [1.82, 2.24) is 14.5 Å². The third kappa shape index (κ3) is 2.23. The lowest BCUT2D eigenvalue weighted by Gasteiger charge is -2.23. The molecule has 0 bridgehead atoms. The number of ether oxygens (including phenoxy) is 1. The Kier molecular flexibility index (Phi) is 3.92. The van der Waals surface area contributed by atoms with Crippen molar-refractivity contribution in [3.05, 3.63) is 16.8 Å². The molecular weight excluding hydrogens is 295 g/mol. The van der Waals surface area contributed by atoms with E-state index >= 15 is 0 Å². The SMILES string of the molecule is Nc1ncn([C@@H]2O[C@H](CO)[C@@H](O)[C@]2(F)C#CCl)c(=O)n1. The molecule has 0 radical (unpaired) electrons. The maximum Gasteiger partial charge on any atom is 0.354 e. The summed E-state index contributed by atoms with van der Waals surface area (Å²) in [6.45, 7) is -0.669. The molecule has 0 spiro atoms. The van der Waals surface area contributed by atoms with Gasteiger partial charge in [0, 0.05) is 5.38 Å². The first-order valence-corrected chi connectivity index (χ1v) is 5.78. The van der Waals surface area contributed by atoms with Crippen molar-refractivity contribution in [2.75, 3.05) is 12.3 Å². The van der Waals surface area contributed by atoms with Crippen molar-refractivity contribution in [3.8, 4) is 11.3 Å². The summed E-state index contributed by atoms with van der Waals surface area (Å²) in [5, 5.41) is 20.7. The molecule has 0 saturated carbocycles. The van der Waals surface area contributed by atoms with E-state index in [1.54, 1.807) is 5.38 Å². The summed E-state index contributed by atoms with van der Waals surface area (Å²) in [6, 6.07) is 0. The summed E-state index contributed by atoms with van der Waals surface area (Å²) in [7, 11) is 0. The molecule has 1 saturated heterocycles. The van der Waals surface area contributed by atoms with Crippen molar-refractivity contribution in [3.63, 3.8) is 0 Å². The lowest BCUT2D eigenvalue weighted by Crippen LogP contribution is -2.44. The molecule has 1 aromatic rings. The van der Waals surface area contributed by atoms with E-state index < -0.39 is 36.4 Å². The molecule has 1 aliphatic heterocycles. The zero-order chi connectivity index (χ0) is 14.9. The lowest BCUT2D eigenvalue weighted by atomic mass is 9.97. The Bertz CT molecular complexity index is 630. The Morgan fingerprint density at radius 2 is 2.40 bits per heavy atom. The summed E-state index contributed by atoms with van der Waals surface area (Å²) < 4.78 is 20.6. The predicted molar refractivity (Wildman–Crippen MR) is 65.2 cm³/mol. The van der Waals surface area contributed by atoms with Crippen LogP contribution in [0, 0.1) is 11.3 Å². The number of aliphatic hydroxyl groups excluding tert-OH is 2. The summed E-state index contributed by atoms with van der Waals surface area (Å²) in [6.07, 6.45) is -3.82. The molecule has 1 fully saturated rings. The minimum absolute atomic E-state index is 0.295. The van der Waals surface area contributed by atoms with Gasteiger partial charge in [0.05, 0.1) is 6.61 Å². The molecule has 2 heterocycles. The molecule has 2 rings (SSSR count). The van der Waals surface area contributed by atoms with E-state index in [4.69, 9.17) is 27.2 Å². The van der Waals surface area contributed by atoms with Gasteiger partial charge in [-0.25, -0.2) is 14.2 Å². The van der Waals surface area contributed by atoms with Gasteiger partial charge in [0.25, 0.3) is 0 Å². The first-order chi connectivity index (χ1) is 9.43. The van der Waals surface area contributed by atoms with Crippen LogP contribution in [-0.2, 0) is 4.74 Å². The van der Waals surface area contributed by atoms with Gasteiger partial charge in [0.15, 0.2) is 6.23 Å². The fourth-order valence-electron chi connectivity index (χ4n) is 1.89. The minimum atomic E-state index is -2.70. The van der Waals surface area contributed by atoms with Gasteiger partial charge >= 0.3 is 5.69 Å². The molecule has 10 heteroatoms. The van der Waals surface area contributed by atoms with Gasteiger partial charge in [0.1, 0.15) is 18.5 Å². The number of halogens is 2. The van der Waals surface area contributed by atoms with E-state index in [1.165, 1.54) is 0 Å². The summed E-state index contributed by atoms with van der Waals surface area (Å²) in [5.41, 5.74) is 1.59. The van der Waals surface area contributed by atoms with Gasteiger partial charge in [-0.1, -0.05) is 0 Å². The van der Waals surface area contributed by atoms with E-state index in [0.29, 0.717) is 4.57 Å². The van der Waals surface area contributed by atoms with E-state index in [2.05, 4.69) is 9.97 Å². The molecule has 1 aromatic heterocycles. The second kappa shape index (κ2) is 5.34. The number of aliphatic hydroxyl groups is 2. The first kappa shape index (κ1) is 14.7. The first-order valence-electron chi connectivity index (χ1n) is 5.40. The smallest absolute Gasteiger partial charge is 0.354 e. The normalized spacial score (nSPS) is 32.7. The van der Waals surface area contributed by atoms with Crippen LogP contribution in [0.4, 0.5) is 10.3 Å². The van der Waals surface area contributed by atoms with Gasteiger partial charge in [-0.2, -0.15) is 4.98 Å². The third-order valence-electron chi connectivity index (χ3n) is 2.86. The van der Waals surface area contributed by atoms with Gasteiger partial charge in [-0.05, 0) is 17.5 Å². The van der Waals surface area contributed by atoms with Gasteiger partial charge in [0.2, 0.25) is 11.6 Å². The van der Waals surface area contributed by atoms with Crippen LogP contribution in [0.15, 0.2) is 11.1 Å². The monoisotopic (exact) mass is 304 g/mol. The summed E-state index contributed by atoms with van der Waals surface area (Å²) in [5.74, 6) is 1.65. The number of anilines is 1. The van der Waals surface area contributed by atoms with E-state index in [0.717, 1.165) is 6.33 Å².